The predicted molar refractivity (Wildman–Crippen MR) is 114 cm³/mol. The lowest BCUT2D eigenvalue weighted by atomic mass is 10.1. The van der Waals surface area contributed by atoms with E-state index in [9.17, 15) is 14.9 Å². The number of rotatable bonds is 9. The van der Waals surface area contributed by atoms with Crippen molar-refractivity contribution < 1.29 is 23.6 Å². The zero-order chi connectivity index (χ0) is 22.4. The number of amides is 1. The van der Waals surface area contributed by atoms with Crippen molar-refractivity contribution >= 4 is 29.0 Å². The number of benzene rings is 2. The molecule has 0 saturated carbocycles. The van der Waals surface area contributed by atoms with Crippen LogP contribution >= 0.6 is 11.8 Å². The highest BCUT2D eigenvalue weighted by molar-refractivity contribution is 7.99. The number of anilines is 1. The quantitative estimate of drug-likeness (QED) is 0.296. The molecule has 0 saturated heterocycles. The second-order valence-electron chi connectivity index (χ2n) is 6.47. The molecule has 0 fully saturated rings. The van der Waals surface area contributed by atoms with E-state index in [1.807, 2.05) is 32.0 Å². The zero-order valence-corrected chi connectivity index (χ0v) is 17.9. The van der Waals surface area contributed by atoms with E-state index in [1.54, 1.807) is 0 Å². The second-order valence-corrected chi connectivity index (χ2v) is 7.40. The van der Waals surface area contributed by atoms with Crippen LogP contribution in [0.4, 0.5) is 11.4 Å². The van der Waals surface area contributed by atoms with Gasteiger partial charge in [0.1, 0.15) is 17.2 Å². The number of aryl methyl sites for hydroxylation is 2. The first-order chi connectivity index (χ1) is 14.9. The van der Waals surface area contributed by atoms with E-state index in [-0.39, 0.29) is 34.8 Å². The van der Waals surface area contributed by atoms with Crippen LogP contribution < -0.4 is 14.8 Å². The molecule has 2 aromatic carbocycles. The van der Waals surface area contributed by atoms with Gasteiger partial charge in [0.15, 0.2) is 6.61 Å². The van der Waals surface area contributed by atoms with Crippen molar-refractivity contribution in [3.05, 3.63) is 63.5 Å². The van der Waals surface area contributed by atoms with Crippen LogP contribution in [0.2, 0.25) is 0 Å². The van der Waals surface area contributed by atoms with Crippen LogP contribution in [0.25, 0.3) is 0 Å². The minimum atomic E-state index is -0.592. The summed E-state index contributed by atoms with van der Waals surface area (Å²) in [6.07, 6.45) is 0. The number of nitro benzene ring substituents is 1. The molecule has 0 radical (unpaired) electrons. The molecule has 0 bridgehead atoms. The summed E-state index contributed by atoms with van der Waals surface area (Å²) < 4.78 is 16.1. The number of nitro groups is 1. The fraction of sp³-hybridized carbons (Fsp3) is 0.250. The summed E-state index contributed by atoms with van der Waals surface area (Å²) in [6, 6.07) is 9.92. The second kappa shape index (κ2) is 9.94. The maximum absolute atomic E-state index is 12.2. The van der Waals surface area contributed by atoms with Gasteiger partial charge in [0.25, 0.3) is 16.8 Å². The van der Waals surface area contributed by atoms with E-state index in [0.717, 1.165) is 17.3 Å². The van der Waals surface area contributed by atoms with Gasteiger partial charge in [-0.25, -0.2) is 0 Å². The van der Waals surface area contributed by atoms with Gasteiger partial charge in [-0.1, -0.05) is 17.8 Å². The van der Waals surface area contributed by atoms with Gasteiger partial charge < -0.3 is 19.2 Å². The topological polar surface area (TPSA) is 130 Å². The average Bonchev–Trinajstić information content (AvgIpc) is 3.21. The Kier molecular flexibility index (Phi) is 7.08. The van der Waals surface area contributed by atoms with Crippen molar-refractivity contribution in [2.24, 2.45) is 0 Å². The Morgan fingerprint density at radius 1 is 1.16 bits per heavy atom. The Hall–Kier alpha value is -3.60. The van der Waals surface area contributed by atoms with Gasteiger partial charge in [-0.05, 0) is 49.2 Å². The Morgan fingerprint density at radius 2 is 1.94 bits per heavy atom. The standard InChI is InChI=1S/C20H20N4O6S/c1-12-4-5-15(8-13(12)2)29-10-19-22-23-20(30-19)31-11-18(25)21-16-7-6-14(28-3)9-17(16)24(26)27/h4-9H,10-11H2,1-3H3,(H,21,25). The van der Waals surface area contributed by atoms with Crippen LogP contribution in [0, 0.1) is 24.0 Å². The van der Waals surface area contributed by atoms with Crippen molar-refractivity contribution in [1.29, 1.82) is 0 Å². The third kappa shape index (κ3) is 5.95. The number of carbonyl (C=O) groups excluding carboxylic acids is 1. The molecule has 31 heavy (non-hydrogen) atoms. The van der Waals surface area contributed by atoms with Crippen molar-refractivity contribution in [2.75, 3.05) is 18.2 Å². The Labute approximate surface area is 182 Å². The summed E-state index contributed by atoms with van der Waals surface area (Å²) in [5, 5.41) is 21.7. The van der Waals surface area contributed by atoms with E-state index in [2.05, 4.69) is 15.5 Å². The molecule has 0 aliphatic rings. The van der Waals surface area contributed by atoms with Gasteiger partial charge in [-0.15, -0.1) is 10.2 Å². The lowest BCUT2D eigenvalue weighted by molar-refractivity contribution is -0.384. The van der Waals surface area contributed by atoms with Gasteiger partial charge in [0.05, 0.1) is 23.9 Å². The maximum Gasteiger partial charge on any atom is 0.296 e. The summed E-state index contributed by atoms with van der Waals surface area (Å²) in [4.78, 5) is 22.8. The van der Waals surface area contributed by atoms with E-state index in [4.69, 9.17) is 13.9 Å². The molecular weight excluding hydrogens is 424 g/mol. The molecule has 1 heterocycles. The first-order valence-electron chi connectivity index (χ1n) is 9.13. The van der Waals surface area contributed by atoms with Crippen molar-refractivity contribution in [1.82, 2.24) is 10.2 Å². The molecule has 10 nitrogen and oxygen atoms in total. The third-order valence-corrected chi connectivity index (χ3v) is 5.11. The molecule has 11 heteroatoms. The van der Waals surface area contributed by atoms with Crippen LogP contribution in [0.1, 0.15) is 17.0 Å². The third-order valence-electron chi connectivity index (χ3n) is 4.29. The number of hydrogen-bond donors (Lipinski definition) is 1. The largest absolute Gasteiger partial charge is 0.496 e. The summed E-state index contributed by atoms with van der Waals surface area (Å²) >= 11 is 1.01. The highest BCUT2D eigenvalue weighted by Gasteiger charge is 2.18. The molecule has 0 atom stereocenters. The normalized spacial score (nSPS) is 10.5. The van der Waals surface area contributed by atoms with Gasteiger partial charge in [-0.2, -0.15) is 0 Å². The van der Waals surface area contributed by atoms with Gasteiger partial charge in [0.2, 0.25) is 5.91 Å². The highest BCUT2D eigenvalue weighted by atomic mass is 32.2. The van der Waals surface area contributed by atoms with Crippen molar-refractivity contribution in [3.8, 4) is 11.5 Å². The summed E-state index contributed by atoms with van der Waals surface area (Å²) in [7, 11) is 1.40. The summed E-state index contributed by atoms with van der Waals surface area (Å²) in [5.41, 5.74) is 2.09. The number of carbonyl (C=O) groups is 1. The highest BCUT2D eigenvalue weighted by Crippen LogP contribution is 2.29. The first kappa shape index (κ1) is 22.1. The van der Waals surface area contributed by atoms with Gasteiger partial charge in [-0.3, -0.25) is 14.9 Å². The van der Waals surface area contributed by atoms with Gasteiger partial charge >= 0.3 is 0 Å². The lowest BCUT2D eigenvalue weighted by Crippen LogP contribution is -2.15. The number of thioether (sulfide) groups is 1. The number of aromatic nitrogens is 2. The van der Waals surface area contributed by atoms with Crippen LogP contribution in [0.3, 0.4) is 0 Å². The summed E-state index contributed by atoms with van der Waals surface area (Å²) in [5.74, 6) is 0.760. The van der Waals surface area contributed by atoms with Crippen LogP contribution in [-0.2, 0) is 11.4 Å². The Bertz CT molecular complexity index is 1100. The Morgan fingerprint density at radius 3 is 2.65 bits per heavy atom. The molecule has 1 aromatic heterocycles. The fourth-order valence-corrected chi connectivity index (χ4v) is 3.09. The fourth-order valence-electron chi connectivity index (χ4n) is 2.51. The number of ether oxygens (including phenoxy) is 2. The molecule has 162 valence electrons. The van der Waals surface area contributed by atoms with Gasteiger partial charge in [0, 0.05) is 0 Å². The smallest absolute Gasteiger partial charge is 0.296 e. The predicted octanol–water partition coefficient (Wildman–Crippen LogP) is 3.91. The number of methoxy groups -OCH3 is 1. The zero-order valence-electron chi connectivity index (χ0n) is 17.1. The van der Waals surface area contributed by atoms with E-state index >= 15 is 0 Å². The molecule has 0 spiro atoms. The molecule has 0 aliphatic carbocycles. The lowest BCUT2D eigenvalue weighted by Gasteiger charge is -2.07. The van der Waals surface area contributed by atoms with Crippen LogP contribution in [0.15, 0.2) is 46.0 Å². The van der Waals surface area contributed by atoms with Crippen molar-refractivity contribution in [2.45, 2.75) is 25.7 Å². The molecule has 1 N–H and O–H groups in total. The number of nitrogens with zero attached hydrogens (tertiary/aromatic N) is 3. The minimum absolute atomic E-state index is 0.0666. The maximum atomic E-state index is 12.2. The van der Waals surface area contributed by atoms with E-state index in [0.29, 0.717) is 11.5 Å². The monoisotopic (exact) mass is 444 g/mol. The minimum Gasteiger partial charge on any atom is -0.496 e. The average molecular weight is 444 g/mol. The van der Waals surface area contributed by atoms with Crippen LogP contribution in [-0.4, -0.2) is 33.9 Å². The molecule has 3 aromatic rings. The molecule has 0 unspecified atom stereocenters. The van der Waals surface area contributed by atoms with Crippen LogP contribution in [0.5, 0.6) is 11.5 Å². The number of hydrogen-bond acceptors (Lipinski definition) is 9. The van der Waals surface area contributed by atoms with Crippen molar-refractivity contribution in [3.63, 3.8) is 0 Å². The number of nitrogens with one attached hydrogen (secondary N) is 1. The SMILES string of the molecule is COc1ccc(NC(=O)CSc2nnc(COc3ccc(C)c(C)c3)o2)c([N+](=O)[O-])c1. The molecule has 0 aliphatic heterocycles. The molecule has 1 amide bonds. The van der Waals surface area contributed by atoms with E-state index in [1.165, 1.54) is 30.9 Å². The van der Waals surface area contributed by atoms with E-state index < -0.39 is 10.8 Å². The Balaban J connectivity index is 1.53. The molecular formula is C20H20N4O6S. The first-order valence-corrected chi connectivity index (χ1v) is 10.1. The summed E-state index contributed by atoms with van der Waals surface area (Å²) in [6.45, 7) is 4.11. The molecule has 3 rings (SSSR count).